The van der Waals surface area contributed by atoms with Crippen LogP contribution in [-0.2, 0) is 20.6 Å². The number of nitrogens with one attached hydrogen (secondary N) is 1. The Hall–Kier alpha value is -2.38. The standard InChI is InChI=1S/C20H25N3O3S/c1-17-7-5-6-8-18(17)16-27(25,26)21-15-20(24)23-13-11-22(12-14-23)19-9-3-2-4-10-19/h2-10,21H,11-16H2,1H3. The number of hydrogen-bond acceptors (Lipinski definition) is 4. The molecular weight excluding hydrogens is 362 g/mol. The van der Waals surface area contributed by atoms with Crippen LogP contribution in [0.2, 0.25) is 0 Å². The van der Waals surface area contributed by atoms with Crippen LogP contribution in [0, 0.1) is 6.92 Å². The van der Waals surface area contributed by atoms with Crippen LogP contribution in [0.15, 0.2) is 54.6 Å². The van der Waals surface area contributed by atoms with Crippen LogP contribution < -0.4 is 9.62 Å². The van der Waals surface area contributed by atoms with Crippen LogP contribution in [0.4, 0.5) is 5.69 Å². The van der Waals surface area contributed by atoms with Gasteiger partial charge in [0.15, 0.2) is 0 Å². The number of rotatable bonds is 6. The summed E-state index contributed by atoms with van der Waals surface area (Å²) in [7, 11) is -3.55. The average Bonchev–Trinajstić information content (AvgIpc) is 2.69. The van der Waals surface area contributed by atoms with Crippen molar-refractivity contribution >= 4 is 21.6 Å². The summed E-state index contributed by atoms with van der Waals surface area (Å²) in [6, 6.07) is 17.4. The number of para-hydroxylation sites is 1. The largest absolute Gasteiger partial charge is 0.368 e. The topological polar surface area (TPSA) is 69.7 Å². The van der Waals surface area contributed by atoms with E-state index < -0.39 is 10.0 Å². The van der Waals surface area contributed by atoms with Crippen LogP contribution in [-0.4, -0.2) is 51.9 Å². The molecule has 27 heavy (non-hydrogen) atoms. The van der Waals surface area contributed by atoms with Crippen LogP contribution in [0.5, 0.6) is 0 Å². The number of piperazine rings is 1. The molecule has 0 saturated carbocycles. The summed E-state index contributed by atoms with van der Waals surface area (Å²) in [5.74, 6) is -0.301. The molecule has 0 bridgehead atoms. The van der Waals surface area contributed by atoms with Crippen molar-refractivity contribution in [1.82, 2.24) is 9.62 Å². The minimum Gasteiger partial charge on any atom is -0.368 e. The SMILES string of the molecule is Cc1ccccc1CS(=O)(=O)NCC(=O)N1CCN(c2ccccc2)CC1. The number of sulfonamides is 1. The van der Waals surface area contributed by atoms with Gasteiger partial charge in [-0.2, -0.15) is 0 Å². The molecule has 1 aliphatic heterocycles. The maximum atomic E-state index is 12.4. The average molecular weight is 388 g/mol. The third kappa shape index (κ3) is 5.30. The Morgan fingerprint density at radius 1 is 0.963 bits per heavy atom. The lowest BCUT2D eigenvalue weighted by Gasteiger charge is -2.36. The lowest BCUT2D eigenvalue weighted by molar-refractivity contribution is -0.130. The van der Waals surface area contributed by atoms with Crippen molar-refractivity contribution < 1.29 is 13.2 Å². The van der Waals surface area contributed by atoms with Crippen LogP contribution in [0.25, 0.3) is 0 Å². The van der Waals surface area contributed by atoms with Gasteiger partial charge in [0.05, 0.1) is 12.3 Å². The second-order valence-electron chi connectivity index (χ2n) is 6.71. The fraction of sp³-hybridized carbons (Fsp3) is 0.350. The molecule has 7 heteroatoms. The quantitative estimate of drug-likeness (QED) is 0.820. The molecule has 2 aromatic carbocycles. The van der Waals surface area contributed by atoms with Gasteiger partial charge in [-0.3, -0.25) is 4.79 Å². The Kier molecular flexibility index (Phi) is 6.13. The number of hydrogen-bond donors (Lipinski definition) is 1. The Bertz CT molecular complexity index is 876. The van der Waals surface area contributed by atoms with Gasteiger partial charge in [-0.1, -0.05) is 42.5 Å². The van der Waals surface area contributed by atoms with Crippen LogP contribution in [0.1, 0.15) is 11.1 Å². The van der Waals surface area contributed by atoms with E-state index in [-0.39, 0.29) is 18.2 Å². The molecule has 2 aromatic rings. The van der Waals surface area contributed by atoms with E-state index in [0.717, 1.165) is 29.9 Å². The lowest BCUT2D eigenvalue weighted by atomic mass is 10.1. The molecule has 0 atom stereocenters. The molecule has 0 aromatic heterocycles. The summed E-state index contributed by atoms with van der Waals surface area (Å²) in [6.07, 6.45) is 0. The highest BCUT2D eigenvalue weighted by molar-refractivity contribution is 7.88. The first-order valence-electron chi connectivity index (χ1n) is 9.04. The number of carbonyl (C=O) groups excluding carboxylic acids is 1. The molecule has 0 aliphatic carbocycles. The number of benzene rings is 2. The minimum absolute atomic E-state index is 0.116. The van der Waals surface area contributed by atoms with Gasteiger partial charge in [-0.05, 0) is 30.2 Å². The Labute approximate surface area is 160 Å². The van der Waals surface area contributed by atoms with Crippen LogP contribution >= 0.6 is 0 Å². The lowest BCUT2D eigenvalue weighted by Crippen LogP contribution is -2.51. The number of aryl methyl sites for hydroxylation is 1. The molecule has 1 heterocycles. The third-order valence-electron chi connectivity index (χ3n) is 4.80. The van der Waals surface area contributed by atoms with E-state index in [1.165, 1.54) is 0 Å². The first-order chi connectivity index (χ1) is 12.9. The van der Waals surface area contributed by atoms with Crippen molar-refractivity contribution in [2.24, 2.45) is 0 Å². The summed E-state index contributed by atoms with van der Waals surface area (Å²) >= 11 is 0. The molecule has 1 fully saturated rings. The van der Waals surface area contributed by atoms with E-state index in [1.54, 1.807) is 11.0 Å². The highest BCUT2D eigenvalue weighted by Crippen LogP contribution is 2.15. The molecule has 1 amide bonds. The minimum atomic E-state index is -3.55. The fourth-order valence-electron chi connectivity index (χ4n) is 3.16. The zero-order valence-corrected chi connectivity index (χ0v) is 16.3. The van der Waals surface area contributed by atoms with Crippen molar-refractivity contribution in [3.8, 4) is 0 Å². The molecule has 0 radical (unpaired) electrons. The first-order valence-corrected chi connectivity index (χ1v) is 10.7. The predicted octanol–water partition coefficient (Wildman–Crippen LogP) is 1.76. The van der Waals surface area contributed by atoms with E-state index >= 15 is 0 Å². The van der Waals surface area contributed by atoms with Crippen LogP contribution in [0.3, 0.4) is 0 Å². The van der Waals surface area contributed by atoms with Gasteiger partial charge in [0, 0.05) is 31.9 Å². The molecule has 1 aliphatic rings. The summed E-state index contributed by atoms with van der Waals surface area (Å²) in [5.41, 5.74) is 2.81. The van der Waals surface area contributed by atoms with Gasteiger partial charge in [-0.15, -0.1) is 0 Å². The molecule has 3 rings (SSSR count). The first kappa shape index (κ1) is 19.4. The van der Waals surface area contributed by atoms with Crippen molar-refractivity contribution in [3.05, 3.63) is 65.7 Å². The van der Waals surface area contributed by atoms with Gasteiger partial charge in [0.1, 0.15) is 0 Å². The van der Waals surface area contributed by atoms with Gasteiger partial charge in [0.2, 0.25) is 15.9 Å². The van der Waals surface area contributed by atoms with Crippen molar-refractivity contribution in [1.29, 1.82) is 0 Å². The number of nitrogens with zero attached hydrogens (tertiary/aromatic N) is 2. The zero-order valence-electron chi connectivity index (χ0n) is 15.5. The smallest absolute Gasteiger partial charge is 0.237 e. The number of carbonyl (C=O) groups is 1. The molecular formula is C20H25N3O3S. The highest BCUT2D eigenvalue weighted by Gasteiger charge is 2.22. The second-order valence-corrected chi connectivity index (χ2v) is 8.52. The van der Waals surface area contributed by atoms with Gasteiger partial charge < -0.3 is 9.80 Å². The monoisotopic (exact) mass is 387 g/mol. The molecule has 1 N–H and O–H groups in total. The van der Waals surface area contributed by atoms with Gasteiger partial charge >= 0.3 is 0 Å². The van der Waals surface area contributed by atoms with Crippen molar-refractivity contribution in [2.75, 3.05) is 37.6 Å². The van der Waals surface area contributed by atoms with Gasteiger partial charge in [0.25, 0.3) is 0 Å². The predicted molar refractivity (Wildman–Crippen MR) is 107 cm³/mol. The Morgan fingerprint density at radius 2 is 1.59 bits per heavy atom. The zero-order chi connectivity index (χ0) is 19.3. The number of anilines is 1. The van der Waals surface area contributed by atoms with E-state index in [1.807, 2.05) is 43.3 Å². The summed E-state index contributed by atoms with van der Waals surface area (Å²) < 4.78 is 27.0. The summed E-state index contributed by atoms with van der Waals surface area (Å²) in [5, 5.41) is 0. The fourth-order valence-corrected chi connectivity index (χ4v) is 4.34. The van der Waals surface area contributed by atoms with Gasteiger partial charge in [-0.25, -0.2) is 13.1 Å². The van der Waals surface area contributed by atoms with E-state index in [0.29, 0.717) is 13.1 Å². The Balaban J connectivity index is 1.49. The molecule has 0 spiro atoms. The summed E-state index contributed by atoms with van der Waals surface area (Å²) in [4.78, 5) is 16.3. The van der Waals surface area contributed by atoms with E-state index in [9.17, 15) is 13.2 Å². The maximum absolute atomic E-state index is 12.4. The Morgan fingerprint density at radius 3 is 2.26 bits per heavy atom. The molecule has 6 nitrogen and oxygen atoms in total. The molecule has 144 valence electrons. The molecule has 1 saturated heterocycles. The van der Waals surface area contributed by atoms with Crippen molar-refractivity contribution in [3.63, 3.8) is 0 Å². The van der Waals surface area contributed by atoms with E-state index in [2.05, 4.69) is 21.8 Å². The summed E-state index contributed by atoms with van der Waals surface area (Å²) in [6.45, 7) is 4.35. The normalized spacial score (nSPS) is 15.0. The molecule has 0 unspecified atom stereocenters. The third-order valence-corrected chi connectivity index (χ3v) is 6.08. The van der Waals surface area contributed by atoms with E-state index in [4.69, 9.17) is 0 Å². The second kappa shape index (κ2) is 8.54. The maximum Gasteiger partial charge on any atom is 0.237 e. The highest BCUT2D eigenvalue weighted by atomic mass is 32.2. The van der Waals surface area contributed by atoms with Crippen molar-refractivity contribution in [2.45, 2.75) is 12.7 Å². The number of amides is 1.